The Morgan fingerprint density at radius 2 is 2.00 bits per heavy atom. The number of nitrogens with one attached hydrogen (secondary N) is 1. The molecule has 1 heterocycles. The SMILES string of the molecule is Cc1ccccc1NCc1ccnn1C1CCCC1. The minimum atomic E-state index is 0.615. The highest BCUT2D eigenvalue weighted by atomic mass is 15.3. The van der Waals surface area contributed by atoms with Crippen LogP contribution in [0.1, 0.15) is 43.0 Å². The zero-order valence-corrected chi connectivity index (χ0v) is 11.5. The summed E-state index contributed by atoms with van der Waals surface area (Å²) in [4.78, 5) is 0. The van der Waals surface area contributed by atoms with Crippen molar-refractivity contribution in [3.05, 3.63) is 47.8 Å². The predicted molar refractivity (Wildman–Crippen MR) is 78.2 cm³/mol. The Kier molecular flexibility index (Phi) is 3.53. The van der Waals surface area contributed by atoms with Crippen LogP contribution < -0.4 is 5.32 Å². The molecular weight excluding hydrogens is 234 g/mol. The third-order valence-corrected chi connectivity index (χ3v) is 4.03. The number of nitrogens with zero attached hydrogens (tertiary/aromatic N) is 2. The smallest absolute Gasteiger partial charge is 0.0578 e. The van der Waals surface area contributed by atoms with Gasteiger partial charge in [0.1, 0.15) is 0 Å². The fourth-order valence-corrected chi connectivity index (χ4v) is 2.92. The lowest BCUT2D eigenvalue weighted by Gasteiger charge is -2.15. The van der Waals surface area contributed by atoms with Crippen molar-refractivity contribution < 1.29 is 0 Å². The lowest BCUT2D eigenvalue weighted by atomic mass is 10.2. The van der Waals surface area contributed by atoms with Crippen LogP contribution in [0.25, 0.3) is 0 Å². The van der Waals surface area contributed by atoms with Crippen molar-refractivity contribution in [2.45, 2.75) is 45.2 Å². The van der Waals surface area contributed by atoms with Crippen LogP contribution in [0.5, 0.6) is 0 Å². The van der Waals surface area contributed by atoms with E-state index in [4.69, 9.17) is 0 Å². The summed E-state index contributed by atoms with van der Waals surface area (Å²) in [6.07, 6.45) is 7.16. The predicted octanol–water partition coefficient (Wildman–Crippen LogP) is 3.92. The fourth-order valence-electron chi connectivity index (χ4n) is 2.92. The molecule has 3 rings (SSSR count). The van der Waals surface area contributed by atoms with Crippen LogP contribution in [0.2, 0.25) is 0 Å². The van der Waals surface area contributed by atoms with Crippen molar-refractivity contribution in [3.63, 3.8) is 0 Å². The Morgan fingerprint density at radius 1 is 1.21 bits per heavy atom. The Hall–Kier alpha value is -1.77. The van der Waals surface area contributed by atoms with Gasteiger partial charge in [-0.3, -0.25) is 4.68 Å². The molecule has 1 aromatic heterocycles. The standard InChI is InChI=1S/C16H21N3/c1-13-6-2-5-9-16(13)17-12-15-10-11-18-19(15)14-7-3-4-8-14/h2,5-6,9-11,14,17H,3-4,7-8,12H2,1H3. The van der Waals surface area contributed by atoms with E-state index in [0.717, 1.165) is 6.54 Å². The summed E-state index contributed by atoms with van der Waals surface area (Å²) < 4.78 is 2.22. The molecule has 3 heteroatoms. The molecule has 0 bridgehead atoms. The molecule has 0 spiro atoms. The molecule has 3 nitrogen and oxygen atoms in total. The zero-order valence-electron chi connectivity index (χ0n) is 11.5. The summed E-state index contributed by atoms with van der Waals surface area (Å²) in [6.45, 7) is 2.98. The number of aromatic nitrogens is 2. The first-order valence-electron chi connectivity index (χ1n) is 7.16. The molecule has 1 saturated carbocycles. The van der Waals surface area contributed by atoms with Crippen molar-refractivity contribution in [3.8, 4) is 0 Å². The van der Waals surface area contributed by atoms with Gasteiger partial charge in [0.05, 0.1) is 18.3 Å². The maximum atomic E-state index is 4.51. The summed E-state index contributed by atoms with van der Waals surface area (Å²) in [5.41, 5.74) is 3.78. The second-order valence-corrected chi connectivity index (χ2v) is 5.37. The van der Waals surface area contributed by atoms with Crippen LogP contribution >= 0.6 is 0 Å². The molecule has 1 N–H and O–H groups in total. The molecule has 1 aromatic carbocycles. The van der Waals surface area contributed by atoms with Crippen molar-refractivity contribution in [1.29, 1.82) is 0 Å². The van der Waals surface area contributed by atoms with E-state index in [1.165, 1.54) is 42.6 Å². The summed E-state index contributed by atoms with van der Waals surface area (Å²) in [6, 6.07) is 11.2. The van der Waals surface area contributed by atoms with E-state index < -0.39 is 0 Å². The second-order valence-electron chi connectivity index (χ2n) is 5.37. The van der Waals surface area contributed by atoms with Crippen LogP contribution in [0.15, 0.2) is 36.5 Å². The largest absolute Gasteiger partial charge is 0.379 e. The van der Waals surface area contributed by atoms with E-state index in [1.54, 1.807) is 0 Å². The molecular formula is C16H21N3. The topological polar surface area (TPSA) is 29.9 Å². The molecule has 1 aliphatic carbocycles. The van der Waals surface area contributed by atoms with Gasteiger partial charge in [-0.25, -0.2) is 0 Å². The minimum Gasteiger partial charge on any atom is -0.379 e. The highest BCUT2D eigenvalue weighted by Crippen LogP contribution is 2.30. The van der Waals surface area contributed by atoms with E-state index in [-0.39, 0.29) is 0 Å². The molecule has 100 valence electrons. The van der Waals surface area contributed by atoms with Crippen molar-refractivity contribution in [2.75, 3.05) is 5.32 Å². The third-order valence-electron chi connectivity index (χ3n) is 4.03. The van der Waals surface area contributed by atoms with Gasteiger partial charge in [0, 0.05) is 11.9 Å². The highest BCUT2D eigenvalue weighted by molar-refractivity contribution is 5.50. The van der Waals surface area contributed by atoms with Crippen LogP contribution in [0, 0.1) is 6.92 Å². The average Bonchev–Trinajstić information content (AvgIpc) is 3.08. The summed E-state index contributed by atoms with van der Waals surface area (Å²) >= 11 is 0. The van der Waals surface area contributed by atoms with Gasteiger partial charge in [-0.1, -0.05) is 31.0 Å². The Balaban J connectivity index is 1.70. The Bertz CT molecular complexity index is 538. The number of anilines is 1. The number of benzene rings is 1. The number of hydrogen-bond acceptors (Lipinski definition) is 2. The monoisotopic (exact) mass is 255 g/mol. The maximum absolute atomic E-state index is 4.51. The molecule has 1 aliphatic rings. The van der Waals surface area contributed by atoms with Crippen molar-refractivity contribution in [2.24, 2.45) is 0 Å². The van der Waals surface area contributed by atoms with Crippen LogP contribution in [0.4, 0.5) is 5.69 Å². The molecule has 0 atom stereocenters. The number of rotatable bonds is 4. The molecule has 0 amide bonds. The molecule has 0 radical (unpaired) electrons. The van der Waals surface area contributed by atoms with Gasteiger partial charge >= 0.3 is 0 Å². The van der Waals surface area contributed by atoms with E-state index in [9.17, 15) is 0 Å². The maximum Gasteiger partial charge on any atom is 0.0578 e. The highest BCUT2D eigenvalue weighted by Gasteiger charge is 2.19. The lowest BCUT2D eigenvalue weighted by Crippen LogP contribution is -2.13. The average molecular weight is 255 g/mol. The number of para-hydroxylation sites is 1. The van der Waals surface area contributed by atoms with Gasteiger partial charge < -0.3 is 5.32 Å². The first-order chi connectivity index (χ1) is 9.34. The molecule has 0 saturated heterocycles. The van der Waals surface area contributed by atoms with E-state index in [0.29, 0.717) is 6.04 Å². The quantitative estimate of drug-likeness (QED) is 0.897. The molecule has 0 unspecified atom stereocenters. The molecule has 19 heavy (non-hydrogen) atoms. The minimum absolute atomic E-state index is 0.615. The summed E-state index contributed by atoms with van der Waals surface area (Å²) in [5, 5.41) is 8.03. The molecule has 2 aromatic rings. The Morgan fingerprint density at radius 3 is 2.79 bits per heavy atom. The second kappa shape index (κ2) is 5.47. The van der Waals surface area contributed by atoms with Crippen LogP contribution in [-0.4, -0.2) is 9.78 Å². The van der Waals surface area contributed by atoms with Gasteiger partial charge in [0.15, 0.2) is 0 Å². The first-order valence-corrected chi connectivity index (χ1v) is 7.16. The van der Waals surface area contributed by atoms with Gasteiger partial charge in [0.25, 0.3) is 0 Å². The van der Waals surface area contributed by atoms with E-state index in [2.05, 4.69) is 52.4 Å². The Labute approximate surface area is 114 Å². The summed E-state index contributed by atoms with van der Waals surface area (Å²) in [7, 11) is 0. The van der Waals surface area contributed by atoms with E-state index in [1.807, 2.05) is 6.20 Å². The zero-order chi connectivity index (χ0) is 13.1. The summed E-state index contributed by atoms with van der Waals surface area (Å²) in [5.74, 6) is 0. The normalized spacial score (nSPS) is 15.8. The van der Waals surface area contributed by atoms with Crippen LogP contribution in [-0.2, 0) is 6.54 Å². The van der Waals surface area contributed by atoms with Crippen LogP contribution in [0.3, 0.4) is 0 Å². The number of hydrogen-bond donors (Lipinski definition) is 1. The van der Waals surface area contributed by atoms with Crippen molar-refractivity contribution in [1.82, 2.24) is 9.78 Å². The molecule has 0 aliphatic heterocycles. The van der Waals surface area contributed by atoms with Gasteiger partial charge in [-0.05, 0) is 37.5 Å². The first kappa shape index (κ1) is 12.3. The fraction of sp³-hybridized carbons (Fsp3) is 0.438. The van der Waals surface area contributed by atoms with E-state index >= 15 is 0 Å². The lowest BCUT2D eigenvalue weighted by molar-refractivity contribution is 0.452. The number of aryl methyl sites for hydroxylation is 1. The van der Waals surface area contributed by atoms with Gasteiger partial charge in [0.2, 0.25) is 0 Å². The molecule has 1 fully saturated rings. The van der Waals surface area contributed by atoms with Crippen molar-refractivity contribution >= 4 is 5.69 Å². The third kappa shape index (κ3) is 2.65. The van der Waals surface area contributed by atoms with Gasteiger partial charge in [-0.2, -0.15) is 5.10 Å². The van der Waals surface area contributed by atoms with Gasteiger partial charge in [-0.15, -0.1) is 0 Å².